The van der Waals surface area contributed by atoms with Crippen LogP contribution in [0.4, 0.5) is 14.5 Å². The second kappa shape index (κ2) is 7.24. The van der Waals surface area contributed by atoms with Crippen molar-refractivity contribution >= 4 is 11.6 Å². The predicted molar refractivity (Wildman–Crippen MR) is 81.3 cm³/mol. The van der Waals surface area contributed by atoms with Gasteiger partial charge in [0.15, 0.2) is 0 Å². The molecule has 0 unspecified atom stereocenters. The Morgan fingerprint density at radius 3 is 2.82 bits per heavy atom. The van der Waals surface area contributed by atoms with Crippen LogP contribution in [0.5, 0.6) is 5.75 Å². The van der Waals surface area contributed by atoms with Gasteiger partial charge in [0.05, 0.1) is 5.69 Å². The topological polar surface area (TPSA) is 41.6 Å². The number of allylic oxidation sites excluding steroid dienone is 1. The van der Waals surface area contributed by atoms with E-state index in [1.54, 1.807) is 24.3 Å². The number of nitrogens with one attached hydrogen (secondary N) is 1. The third-order valence-corrected chi connectivity index (χ3v) is 3.38. The van der Waals surface area contributed by atoms with E-state index in [9.17, 15) is 13.6 Å². The van der Waals surface area contributed by atoms with Gasteiger partial charge in [0.2, 0.25) is 5.91 Å². The zero-order valence-electron chi connectivity index (χ0n) is 12.7. The van der Waals surface area contributed by atoms with Gasteiger partial charge in [0, 0.05) is 25.2 Å². The summed E-state index contributed by atoms with van der Waals surface area (Å²) < 4.78 is 29.5. The van der Waals surface area contributed by atoms with Crippen molar-refractivity contribution in [2.24, 2.45) is 0 Å². The lowest BCUT2D eigenvalue weighted by molar-refractivity contribution is -0.117. The summed E-state index contributed by atoms with van der Waals surface area (Å²) in [6, 6.07) is 6.71. The van der Waals surface area contributed by atoms with E-state index in [-0.39, 0.29) is 17.7 Å². The molecule has 2 rings (SSSR count). The molecule has 0 radical (unpaired) electrons. The first kappa shape index (κ1) is 16.3. The summed E-state index contributed by atoms with van der Waals surface area (Å²) in [5.41, 5.74) is 1.56. The Bertz CT molecular complexity index is 557. The van der Waals surface area contributed by atoms with Gasteiger partial charge in [0.1, 0.15) is 5.75 Å². The molecule has 1 aliphatic rings. The van der Waals surface area contributed by atoms with E-state index in [0.717, 1.165) is 12.0 Å². The van der Waals surface area contributed by atoms with Crippen molar-refractivity contribution in [2.45, 2.75) is 32.9 Å². The molecule has 4 nitrogen and oxygen atoms in total. The lowest BCUT2D eigenvalue weighted by Gasteiger charge is -2.21. The Morgan fingerprint density at radius 1 is 1.41 bits per heavy atom. The SMILES string of the molecule is CC(C)=CC(=O)N[C@H]1CCN(c2ccccc2OC(F)F)C1. The highest BCUT2D eigenvalue weighted by atomic mass is 19.3. The van der Waals surface area contributed by atoms with Crippen LogP contribution in [0, 0.1) is 0 Å². The minimum absolute atomic E-state index is 0.00251. The average Bonchev–Trinajstić information content (AvgIpc) is 2.85. The monoisotopic (exact) mass is 310 g/mol. The number of anilines is 1. The number of alkyl halides is 2. The summed E-state index contributed by atoms with van der Waals surface area (Å²) in [6.07, 6.45) is 2.32. The molecule has 1 amide bonds. The number of halogens is 2. The molecule has 0 aliphatic carbocycles. The van der Waals surface area contributed by atoms with Crippen LogP contribution in [0.1, 0.15) is 20.3 Å². The average molecular weight is 310 g/mol. The molecule has 6 heteroatoms. The zero-order valence-corrected chi connectivity index (χ0v) is 12.7. The first-order valence-corrected chi connectivity index (χ1v) is 7.20. The molecule has 1 N–H and O–H groups in total. The van der Waals surface area contributed by atoms with Crippen LogP contribution in [-0.2, 0) is 4.79 Å². The number of hydrogen-bond acceptors (Lipinski definition) is 3. The van der Waals surface area contributed by atoms with E-state index < -0.39 is 6.61 Å². The lowest BCUT2D eigenvalue weighted by atomic mass is 10.2. The fraction of sp³-hybridized carbons (Fsp3) is 0.438. The molecular formula is C16H20F2N2O2. The van der Waals surface area contributed by atoms with Crippen LogP contribution in [0.3, 0.4) is 0 Å². The zero-order chi connectivity index (χ0) is 16.1. The minimum Gasteiger partial charge on any atom is -0.433 e. The van der Waals surface area contributed by atoms with Crippen LogP contribution in [-0.4, -0.2) is 31.7 Å². The van der Waals surface area contributed by atoms with Crippen molar-refractivity contribution in [1.29, 1.82) is 0 Å². The number of para-hydroxylation sites is 2. The highest BCUT2D eigenvalue weighted by molar-refractivity contribution is 5.88. The highest BCUT2D eigenvalue weighted by Crippen LogP contribution is 2.31. The fourth-order valence-electron chi connectivity index (χ4n) is 2.52. The van der Waals surface area contributed by atoms with Crippen molar-refractivity contribution in [3.05, 3.63) is 35.9 Å². The first-order valence-electron chi connectivity index (χ1n) is 7.20. The summed E-state index contributed by atoms with van der Waals surface area (Å²) in [7, 11) is 0. The summed E-state index contributed by atoms with van der Waals surface area (Å²) >= 11 is 0. The molecule has 1 atom stereocenters. The summed E-state index contributed by atoms with van der Waals surface area (Å²) in [6.45, 7) is 2.13. The van der Waals surface area contributed by atoms with Gasteiger partial charge in [-0.1, -0.05) is 17.7 Å². The van der Waals surface area contributed by atoms with Gasteiger partial charge in [-0.15, -0.1) is 0 Å². The molecule has 0 spiro atoms. The van der Waals surface area contributed by atoms with E-state index in [1.807, 2.05) is 18.7 Å². The van der Waals surface area contributed by atoms with E-state index in [0.29, 0.717) is 18.8 Å². The Hall–Kier alpha value is -2.11. The van der Waals surface area contributed by atoms with Crippen LogP contribution < -0.4 is 15.0 Å². The van der Waals surface area contributed by atoms with Gasteiger partial charge in [-0.2, -0.15) is 8.78 Å². The van der Waals surface area contributed by atoms with Gasteiger partial charge < -0.3 is 15.0 Å². The number of ether oxygens (including phenoxy) is 1. The maximum atomic E-state index is 12.5. The molecule has 1 aliphatic heterocycles. The molecule has 22 heavy (non-hydrogen) atoms. The van der Waals surface area contributed by atoms with Crippen molar-refractivity contribution in [2.75, 3.05) is 18.0 Å². The Morgan fingerprint density at radius 2 is 2.14 bits per heavy atom. The quantitative estimate of drug-likeness (QED) is 0.850. The lowest BCUT2D eigenvalue weighted by Crippen LogP contribution is -2.36. The summed E-state index contributed by atoms with van der Waals surface area (Å²) in [4.78, 5) is 13.7. The maximum Gasteiger partial charge on any atom is 0.387 e. The Kier molecular flexibility index (Phi) is 5.35. The smallest absolute Gasteiger partial charge is 0.387 e. The fourth-order valence-corrected chi connectivity index (χ4v) is 2.52. The summed E-state index contributed by atoms with van der Waals surface area (Å²) in [5.74, 6) is 0.0396. The molecule has 0 bridgehead atoms. The number of benzene rings is 1. The molecule has 1 heterocycles. The van der Waals surface area contributed by atoms with E-state index in [4.69, 9.17) is 0 Å². The number of carbonyl (C=O) groups is 1. The number of amides is 1. The van der Waals surface area contributed by atoms with Crippen LogP contribution in [0.25, 0.3) is 0 Å². The van der Waals surface area contributed by atoms with Gasteiger partial charge in [-0.05, 0) is 32.4 Å². The molecule has 0 saturated carbocycles. The largest absolute Gasteiger partial charge is 0.433 e. The van der Waals surface area contributed by atoms with E-state index in [1.165, 1.54) is 6.07 Å². The van der Waals surface area contributed by atoms with Crippen molar-refractivity contribution in [1.82, 2.24) is 5.32 Å². The molecule has 1 saturated heterocycles. The maximum absolute atomic E-state index is 12.5. The van der Waals surface area contributed by atoms with Gasteiger partial charge >= 0.3 is 6.61 Å². The minimum atomic E-state index is -2.85. The predicted octanol–water partition coefficient (Wildman–Crippen LogP) is 2.95. The van der Waals surface area contributed by atoms with Crippen molar-refractivity contribution in [3.8, 4) is 5.75 Å². The number of nitrogens with zero attached hydrogens (tertiary/aromatic N) is 1. The van der Waals surface area contributed by atoms with Crippen LogP contribution in [0.15, 0.2) is 35.9 Å². The Balaban J connectivity index is 2.01. The normalized spacial score (nSPS) is 17.5. The van der Waals surface area contributed by atoms with Crippen LogP contribution >= 0.6 is 0 Å². The van der Waals surface area contributed by atoms with Gasteiger partial charge in [-0.3, -0.25) is 4.79 Å². The number of hydrogen-bond donors (Lipinski definition) is 1. The summed E-state index contributed by atoms with van der Waals surface area (Å²) in [5, 5.41) is 2.92. The van der Waals surface area contributed by atoms with Crippen molar-refractivity contribution in [3.63, 3.8) is 0 Å². The van der Waals surface area contributed by atoms with Gasteiger partial charge in [0.25, 0.3) is 0 Å². The third-order valence-electron chi connectivity index (χ3n) is 3.38. The first-order chi connectivity index (χ1) is 10.5. The molecule has 0 aromatic heterocycles. The molecule has 1 fully saturated rings. The second-order valence-corrected chi connectivity index (χ2v) is 5.51. The van der Waals surface area contributed by atoms with Crippen molar-refractivity contribution < 1.29 is 18.3 Å². The standard InChI is InChI=1S/C16H20F2N2O2/c1-11(2)9-15(21)19-12-7-8-20(10-12)13-5-3-4-6-14(13)22-16(17)18/h3-6,9,12,16H,7-8,10H2,1-2H3,(H,19,21)/t12-/m0/s1. The van der Waals surface area contributed by atoms with Crippen LogP contribution in [0.2, 0.25) is 0 Å². The van der Waals surface area contributed by atoms with Gasteiger partial charge in [-0.25, -0.2) is 0 Å². The Labute approximate surface area is 128 Å². The molecule has 1 aromatic carbocycles. The van der Waals surface area contributed by atoms with E-state index in [2.05, 4.69) is 10.1 Å². The molecule has 1 aromatic rings. The molecular weight excluding hydrogens is 290 g/mol. The number of rotatable bonds is 5. The van der Waals surface area contributed by atoms with E-state index >= 15 is 0 Å². The molecule has 120 valence electrons. The number of carbonyl (C=O) groups excluding carboxylic acids is 1. The second-order valence-electron chi connectivity index (χ2n) is 5.51. The third kappa shape index (κ3) is 4.44. The highest BCUT2D eigenvalue weighted by Gasteiger charge is 2.26.